The van der Waals surface area contributed by atoms with E-state index >= 15 is 0 Å². The summed E-state index contributed by atoms with van der Waals surface area (Å²) in [5, 5.41) is 8.99. The summed E-state index contributed by atoms with van der Waals surface area (Å²) in [6, 6.07) is 0. The van der Waals surface area contributed by atoms with Crippen molar-refractivity contribution in [2.75, 3.05) is 0 Å². The predicted octanol–water partition coefficient (Wildman–Crippen LogP) is 12.8. The van der Waals surface area contributed by atoms with Crippen LogP contribution < -0.4 is 0 Å². The summed E-state index contributed by atoms with van der Waals surface area (Å²) in [6.45, 7) is 4.50. The Labute approximate surface area is 272 Å². The van der Waals surface area contributed by atoms with Gasteiger partial charge in [0.25, 0.3) is 0 Å². The second-order valence-electron chi connectivity index (χ2n) is 12.4. The van der Waals surface area contributed by atoms with Gasteiger partial charge in [0.15, 0.2) is 0 Å². The van der Waals surface area contributed by atoms with Gasteiger partial charge in [-0.25, -0.2) is 0 Å². The molecule has 4 nitrogen and oxygen atoms in total. The summed E-state index contributed by atoms with van der Waals surface area (Å²) in [4.78, 5) is 23.4. The fourth-order valence-electron chi connectivity index (χ4n) is 5.29. The molecule has 0 saturated heterocycles. The predicted molar refractivity (Wildman–Crippen MR) is 190 cm³/mol. The minimum atomic E-state index is -0.779. The first-order valence-electron chi connectivity index (χ1n) is 18.6. The molecule has 4 heteroatoms. The monoisotopic (exact) mass is 615 g/mol. The topological polar surface area (TPSA) is 63.6 Å². The molecule has 0 aromatic heterocycles. The Hall–Kier alpha value is -2.10. The molecule has 0 radical (unpaired) electrons. The van der Waals surface area contributed by atoms with Crippen LogP contribution in [0, 0.1) is 0 Å². The third-order valence-corrected chi connectivity index (χ3v) is 8.05. The van der Waals surface area contributed by atoms with Crippen LogP contribution in [0.1, 0.15) is 187 Å². The maximum absolute atomic E-state index is 12.5. The standard InChI is InChI=1S/C40H70O4/c1-3-5-7-9-11-13-15-16-17-18-19-20-21-22-24-26-28-30-32-37-40(43)44-38(35-33-36-39(41)42)34-31-29-27-25-23-14-12-10-8-6-4-2/h11,13,16-17,19-20,22,24,38H,3-10,12,14-15,18,21,23,25-37H2,1-2H3,(H,41,42)/b13-11-,17-16-,20-19-,24-22-. The number of unbranched alkanes of at least 4 members (excludes halogenated alkanes) is 16. The van der Waals surface area contributed by atoms with Gasteiger partial charge in [-0.1, -0.05) is 146 Å². The lowest BCUT2D eigenvalue weighted by Gasteiger charge is -2.18. The molecule has 0 amide bonds. The average Bonchev–Trinajstić information content (AvgIpc) is 3.00. The normalized spacial score (nSPS) is 12.8. The van der Waals surface area contributed by atoms with Crippen LogP contribution in [-0.2, 0) is 14.3 Å². The van der Waals surface area contributed by atoms with Gasteiger partial charge in [-0.05, 0) is 77.0 Å². The van der Waals surface area contributed by atoms with Gasteiger partial charge in [-0.3, -0.25) is 9.59 Å². The highest BCUT2D eigenvalue weighted by atomic mass is 16.5. The van der Waals surface area contributed by atoms with Crippen LogP contribution in [0.5, 0.6) is 0 Å². The largest absolute Gasteiger partial charge is 0.481 e. The first-order valence-corrected chi connectivity index (χ1v) is 18.6. The number of hydrogen-bond donors (Lipinski definition) is 1. The Morgan fingerprint density at radius 3 is 1.43 bits per heavy atom. The Morgan fingerprint density at radius 1 is 0.500 bits per heavy atom. The van der Waals surface area contributed by atoms with E-state index in [1.807, 2.05) is 0 Å². The van der Waals surface area contributed by atoms with Crippen LogP contribution in [0.3, 0.4) is 0 Å². The number of ether oxygens (including phenoxy) is 1. The lowest BCUT2D eigenvalue weighted by molar-refractivity contribution is -0.150. The van der Waals surface area contributed by atoms with E-state index in [4.69, 9.17) is 9.84 Å². The number of carbonyl (C=O) groups excluding carboxylic acids is 1. The van der Waals surface area contributed by atoms with Crippen molar-refractivity contribution in [3.05, 3.63) is 48.6 Å². The quantitative estimate of drug-likeness (QED) is 0.0454. The summed E-state index contributed by atoms with van der Waals surface area (Å²) in [7, 11) is 0. The zero-order valence-electron chi connectivity index (χ0n) is 29.0. The zero-order chi connectivity index (χ0) is 32.2. The Morgan fingerprint density at radius 2 is 0.909 bits per heavy atom. The first-order chi connectivity index (χ1) is 21.6. The molecule has 1 N–H and O–H groups in total. The third kappa shape index (κ3) is 34.4. The molecular formula is C40H70O4. The minimum absolute atomic E-state index is 0.119. The SMILES string of the molecule is CCCCC/C=C\C/C=C\C/C=C\C/C=C\CCCCCC(=O)OC(CCCCCCCCCCCCC)CCCC(=O)O. The van der Waals surface area contributed by atoms with Crippen LogP contribution in [0.15, 0.2) is 48.6 Å². The average molecular weight is 615 g/mol. The summed E-state index contributed by atoms with van der Waals surface area (Å²) in [5.74, 6) is -0.898. The van der Waals surface area contributed by atoms with E-state index in [9.17, 15) is 9.59 Å². The molecule has 0 aromatic carbocycles. The Bertz CT molecular complexity index is 748. The Kier molecular flexibility index (Phi) is 33.7. The fraction of sp³-hybridized carbons (Fsp3) is 0.750. The van der Waals surface area contributed by atoms with Gasteiger partial charge in [0, 0.05) is 12.8 Å². The van der Waals surface area contributed by atoms with Gasteiger partial charge in [0.1, 0.15) is 6.10 Å². The van der Waals surface area contributed by atoms with Gasteiger partial charge in [-0.2, -0.15) is 0 Å². The van der Waals surface area contributed by atoms with Crippen molar-refractivity contribution in [1.29, 1.82) is 0 Å². The van der Waals surface area contributed by atoms with Gasteiger partial charge in [0.05, 0.1) is 0 Å². The number of esters is 1. The van der Waals surface area contributed by atoms with E-state index in [1.54, 1.807) is 0 Å². The number of carbonyl (C=O) groups is 2. The molecule has 0 rings (SSSR count). The van der Waals surface area contributed by atoms with Crippen molar-refractivity contribution in [2.45, 2.75) is 193 Å². The minimum Gasteiger partial charge on any atom is -0.481 e. The van der Waals surface area contributed by atoms with Crippen molar-refractivity contribution >= 4 is 11.9 Å². The molecule has 0 heterocycles. The van der Waals surface area contributed by atoms with E-state index in [-0.39, 0.29) is 18.5 Å². The highest BCUT2D eigenvalue weighted by Crippen LogP contribution is 2.17. The molecule has 0 aromatic rings. The fourth-order valence-corrected chi connectivity index (χ4v) is 5.29. The lowest BCUT2D eigenvalue weighted by atomic mass is 10.0. The molecule has 0 bridgehead atoms. The lowest BCUT2D eigenvalue weighted by Crippen LogP contribution is -2.18. The van der Waals surface area contributed by atoms with Gasteiger partial charge in [0.2, 0.25) is 0 Å². The van der Waals surface area contributed by atoms with E-state index in [0.717, 1.165) is 57.8 Å². The van der Waals surface area contributed by atoms with Crippen molar-refractivity contribution in [1.82, 2.24) is 0 Å². The smallest absolute Gasteiger partial charge is 0.306 e. The van der Waals surface area contributed by atoms with Crippen LogP contribution >= 0.6 is 0 Å². The molecule has 0 aliphatic heterocycles. The van der Waals surface area contributed by atoms with E-state index < -0.39 is 5.97 Å². The molecule has 254 valence electrons. The maximum atomic E-state index is 12.5. The highest BCUT2D eigenvalue weighted by molar-refractivity contribution is 5.69. The number of allylic oxidation sites excluding steroid dienone is 8. The molecule has 1 unspecified atom stereocenters. The third-order valence-electron chi connectivity index (χ3n) is 8.05. The number of aliphatic carboxylic acids is 1. The van der Waals surface area contributed by atoms with E-state index in [2.05, 4.69) is 62.5 Å². The summed E-state index contributed by atoms with van der Waals surface area (Å²) in [5.41, 5.74) is 0. The van der Waals surface area contributed by atoms with Crippen molar-refractivity contribution in [3.8, 4) is 0 Å². The molecule has 0 spiro atoms. The number of hydrogen-bond acceptors (Lipinski definition) is 3. The summed E-state index contributed by atoms with van der Waals surface area (Å²) >= 11 is 0. The molecule has 0 aliphatic carbocycles. The van der Waals surface area contributed by atoms with Crippen LogP contribution in [0.4, 0.5) is 0 Å². The van der Waals surface area contributed by atoms with Crippen LogP contribution in [0.2, 0.25) is 0 Å². The molecule has 1 atom stereocenters. The van der Waals surface area contributed by atoms with Crippen LogP contribution in [0.25, 0.3) is 0 Å². The summed E-state index contributed by atoms with van der Waals surface area (Å²) in [6.07, 6.45) is 46.9. The maximum Gasteiger partial charge on any atom is 0.306 e. The van der Waals surface area contributed by atoms with Gasteiger partial charge in [-0.15, -0.1) is 0 Å². The van der Waals surface area contributed by atoms with Crippen molar-refractivity contribution < 1.29 is 19.4 Å². The molecule has 0 saturated carbocycles. The second-order valence-corrected chi connectivity index (χ2v) is 12.4. The van der Waals surface area contributed by atoms with Crippen molar-refractivity contribution in [3.63, 3.8) is 0 Å². The second kappa shape index (κ2) is 35.4. The number of carboxylic acid groups (broad SMARTS) is 1. The number of rotatable bonds is 33. The molecule has 44 heavy (non-hydrogen) atoms. The molecule has 0 aliphatic rings. The van der Waals surface area contributed by atoms with Crippen LogP contribution in [-0.4, -0.2) is 23.1 Å². The van der Waals surface area contributed by atoms with Gasteiger partial charge >= 0.3 is 11.9 Å². The van der Waals surface area contributed by atoms with Gasteiger partial charge < -0.3 is 9.84 Å². The number of carboxylic acids is 1. The van der Waals surface area contributed by atoms with E-state index in [0.29, 0.717) is 19.3 Å². The summed E-state index contributed by atoms with van der Waals surface area (Å²) < 4.78 is 5.80. The van der Waals surface area contributed by atoms with E-state index in [1.165, 1.54) is 89.9 Å². The molecule has 0 fully saturated rings. The Balaban J connectivity index is 3.91. The zero-order valence-corrected chi connectivity index (χ0v) is 29.0. The molecular weight excluding hydrogens is 544 g/mol. The highest BCUT2D eigenvalue weighted by Gasteiger charge is 2.15. The first kappa shape index (κ1) is 41.9. The van der Waals surface area contributed by atoms with Crippen molar-refractivity contribution in [2.24, 2.45) is 0 Å².